The van der Waals surface area contributed by atoms with Crippen LogP contribution in [-0.2, 0) is 4.79 Å². The number of carbonyl (C=O) groups is 1. The highest BCUT2D eigenvalue weighted by Gasteiger charge is 2.36. The molecule has 0 aliphatic heterocycles. The van der Waals surface area contributed by atoms with Crippen molar-refractivity contribution in [3.63, 3.8) is 0 Å². The smallest absolute Gasteiger partial charge is 0.306 e. The average Bonchev–Trinajstić information content (AvgIpc) is 3.04. The molecular formula is C17H14N2O3S. The van der Waals surface area contributed by atoms with Gasteiger partial charge in [-0.1, -0.05) is 6.07 Å². The Balaban J connectivity index is 1.73. The summed E-state index contributed by atoms with van der Waals surface area (Å²) >= 11 is 1.56. The number of pyridine rings is 1. The van der Waals surface area contributed by atoms with Crippen LogP contribution in [0.25, 0.3) is 21.2 Å². The Morgan fingerprint density at radius 1 is 1.22 bits per heavy atom. The number of rotatable bonds is 4. The Hall–Kier alpha value is -2.47. The minimum absolute atomic E-state index is 0.0541. The highest BCUT2D eigenvalue weighted by atomic mass is 32.1. The lowest BCUT2D eigenvalue weighted by atomic mass is 9.82. The summed E-state index contributed by atoms with van der Waals surface area (Å²) < 4.78 is 6.19. The number of nitrogens with zero attached hydrogens (tertiary/aromatic N) is 2. The lowest BCUT2D eigenvalue weighted by Gasteiger charge is -2.33. The first-order valence-electron chi connectivity index (χ1n) is 7.37. The molecule has 0 unspecified atom stereocenters. The maximum atomic E-state index is 11.0. The molecule has 1 aliphatic rings. The number of ether oxygens (including phenoxy) is 1. The van der Waals surface area contributed by atoms with Crippen LogP contribution in [0.3, 0.4) is 0 Å². The van der Waals surface area contributed by atoms with Gasteiger partial charge in [0.25, 0.3) is 0 Å². The maximum absolute atomic E-state index is 11.0. The molecule has 1 fully saturated rings. The molecule has 116 valence electrons. The summed E-state index contributed by atoms with van der Waals surface area (Å²) in [6.45, 7) is 0. The molecule has 6 heteroatoms. The van der Waals surface area contributed by atoms with Gasteiger partial charge in [-0.2, -0.15) is 0 Å². The lowest BCUT2D eigenvalue weighted by Crippen LogP contribution is -2.38. The van der Waals surface area contributed by atoms with Crippen molar-refractivity contribution in [2.75, 3.05) is 0 Å². The van der Waals surface area contributed by atoms with Gasteiger partial charge in [0.1, 0.15) is 11.9 Å². The summed E-state index contributed by atoms with van der Waals surface area (Å²) in [5.74, 6) is -0.235. The quantitative estimate of drug-likeness (QED) is 0.793. The topological polar surface area (TPSA) is 72.3 Å². The fraction of sp³-hybridized carbons (Fsp3) is 0.235. The molecule has 1 saturated carbocycles. The van der Waals surface area contributed by atoms with Crippen LogP contribution < -0.4 is 4.74 Å². The molecule has 1 N–H and O–H groups in total. The van der Waals surface area contributed by atoms with Crippen molar-refractivity contribution >= 4 is 28.1 Å². The molecule has 0 radical (unpaired) electrons. The number of fused-ring (bicyclic) bond motifs is 1. The van der Waals surface area contributed by atoms with Crippen LogP contribution in [0.5, 0.6) is 5.75 Å². The van der Waals surface area contributed by atoms with E-state index in [2.05, 4.69) is 9.97 Å². The highest BCUT2D eigenvalue weighted by molar-refractivity contribution is 7.13. The summed E-state index contributed by atoms with van der Waals surface area (Å²) in [6, 6.07) is 5.97. The summed E-state index contributed by atoms with van der Waals surface area (Å²) in [7, 11) is 0. The normalized spacial score (nSPS) is 20.2. The first kappa shape index (κ1) is 14.1. The number of hydrogen-bond acceptors (Lipinski definition) is 5. The van der Waals surface area contributed by atoms with Crippen molar-refractivity contribution in [2.45, 2.75) is 18.9 Å². The first-order chi connectivity index (χ1) is 11.2. The summed E-state index contributed by atoms with van der Waals surface area (Å²) in [6.07, 6.45) is 6.42. The molecule has 2 aromatic heterocycles. The number of aliphatic carboxylic acids is 1. The molecule has 0 saturated heterocycles. The molecule has 0 bridgehead atoms. The van der Waals surface area contributed by atoms with E-state index in [1.54, 1.807) is 29.2 Å². The van der Waals surface area contributed by atoms with Crippen LogP contribution in [-0.4, -0.2) is 27.1 Å². The third kappa shape index (κ3) is 2.55. The van der Waals surface area contributed by atoms with Gasteiger partial charge >= 0.3 is 5.97 Å². The fourth-order valence-corrected chi connectivity index (χ4v) is 3.48. The second kappa shape index (κ2) is 5.62. The number of carboxylic acid groups (broad SMARTS) is 1. The average molecular weight is 326 g/mol. The van der Waals surface area contributed by atoms with Crippen LogP contribution in [0.4, 0.5) is 0 Å². The van der Waals surface area contributed by atoms with Gasteiger partial charge in [-0.15, -0.1) is 11.3 Å². The molecule has 0 amide bonds. The second-order valence-corrected chi connectivity index (χ2v) is 6.54. The lowest BCUT2D eigenvalue weighted by molar-refractivity contribution is -0.147. The zero-order chi connectivity index (χ0) is 15.8. The summed E-state index contributed by atoms with van der Waals surface area (Å²) in [5, 5.41) is 11.0. The van der Waals surface area contributed by atoms with E-state index in [1.165, 1.54) is 0 Å². The maximum Gasteiger partial charge on any atom is 0.306 e. The van der Waals surface area contributed by atoms with Gasteiger partial charge in [0.15, 0.2) is 0 Å². The van der Waals surface area contributed by atoms with E-state index in [0.717, 1.165) is 27.0 Å². The second-order valence-electron chi connectivity index (χ2n) is 5.65. The summed E-state index contributed by atoms with van der Waals surface area (Å²) in [4.78, 5) is 20.3. The van der Waals surface area contributed by atoms with E-state index in [-0.39, 0.29) is 12.0 Å². The molecule has 4 rings (SSSR count). The van der Waals surface area contributed by atoms with Crippen molar-refractivity contribution in [1.29, 1.82) is 0 Å². The third-order valence-electron chi connectivity index (χ3n) is 4.20. The predicted molar refractivity (Wildman–Crippen MR) is 87.6 cm³/mol. The SMILES string of the molecule is O=C(O)[C@H]1C[C@H](Oc2c(-c3cncs3)ccc3cnccc23)C1. The number of hydrogen-bond donors (Lipinski definition) is 1. The van der Waals surface area contributed by atoms with Crippen LogP contribution in [0.2, 0.25) is 0 Å². The van der Waals surface area contributed by atoms with Crippen LogP contribution in [0, 0.1) is 5.92 Å². The molecule has 5 nitrogen and oxygen atoms in total. The van der Waals surface area contributed by atoms with Crippen molar-refractivity contribution in [2.24, 2.45) is 5.92 Å². The Morgan fingerprint density at radius 3 is 2.83 bits per heavy atom. The molecule has 23 heavy (non-hydrogen) atoms. The molecule has 0 spiro atoms. The van der Waals surface area contributed by atoms with Gasteiger partial charge in [-0.05, 0) is 25.0 Å². The summed E-state index contributed by atoms with van der Waals surface area (Å²) in [5.41, 5.74) is 2.78. The van der Waals surface area contributed by atoms with Crippen molar-refractivity contribution in [1.82, 2.24) is 9.97 Å². The minimum Gasteiger partial charge on any atom is -0.489 e. The molecule has 2 heterocycles. The van der Waals surface area contributed by atoms with E-state index in [4.69, 9.17) is 9.84 Å². The molecule has 3 aromatic rings. The van der Waals surface area contributed by atoms with Gasteiger partial charge in [0.2, 0.25) is 0 Å². The highest BCUT2D eigenvalue weighted by Crippen LogP contribution is 2.41. The molecular weight excluding hydrogens is 312 g/mol. The first-order valence-corrected chi connectivity index (χ1v) is 8.25. The van der Waals surface area contributed by atoms with Crippen molar-refractivity contribution < 1.29 is 14.6 Å². The van der Waals surface area contributed by atoms with Crippen LogP contribution >= 0.6 is 11.3 Å². The van der Waals surface area contributed by atoms with Gasteiger partial charge in [-0.25, -0.2) is 0 Å². The van der Waals surface area contributed by atoms with E-state index >= 15 is 0 Å². The zero-order valence-corrected chi connectivity index (χ0v) is 13.0. The van der Waals surface area contributed by atoms with Crippen LogP contribution in [0.15, 0.2) is 42.3 Å². The predicted octanol–water partition coefficient (Wildman–Crippen LogP) is 3.60. The Kier molecular flexibility index (Phi) is 3.46. The Labute approximate surface area is 136 Å². The van der Waals surface area contributed by atoms with Gasteiger partial charge in [0.05, 0.1) is 16.3 Å². The zero-order valence-electron chi connectivity index (χ0n) is 12.2. The number of aromatic nitrogens is 2. The van der Waals surface area contributed by atoms with Gasteiger partial charge < -0.3 is 9.84 Å². The Bertz CT molecular complexity index is 857. The van der Waals surface area contributed by atoms with E-state index < -0.39 is 5.97 Å². The van der Waals surface area contributed by atoms with Crippen molar-refractivity contribution in [3.8, 4) is 16.2 Å². The molecule has 1 aliphatic carbocycles. The van der Waals surface area contributed by atoms with Gasteiger partial charge in [0, 0.05) is 34.9 Å². The van der Waals surface area contributed by atoms with Gasteiger partial charge in [-0.3, -0.25) is 14.8 Å². The monoisotopic (exact) mass is 326 g/mol. The largest absolute Gasteiger partial charge is 0.489 e. The fourth-order valence-electron chi connectivity index (χ4n) is 2.84. The number of benzene rings is 1. The standard InChI is InChI=1S/C17H14N2O3S/c20-17(21)11-5-12(6-11)22-16-13-3-4-18-7-10(13)1-2-14(16)15-8-19-9-23-15/h1-4,7-9,11-12H,5-6H2,(H,20,21)/t11-,12-. The number of carboxylic acids is 1. The molecule has 0 atom stereocenters. The van der Waals surface area contributed by atoms with Crippen LogP contribution in [0.1, 0.15) is 12.8 Å². The van der Waals surface area contributed by atoms with E-state index in [1.807, 2.05) is 24.4 Å². The Morgan fingerprint density at radius 2 is 2.09 bits per heavy atom. The number of thiazole rings is 1. The third-order valence-corrected chi connectivity index (χ3v) is 5.00. The van der Waals surface area contributed by atoms with E-state index in [9.17, 15) is 4.79 Å². The van der Waals surface area contributed by atoms with Crippen molar-refractivity contribution in [3.05, 3.63) is 42.3 Å². The minimum atomic E-state index is -0.741. The van der Waals surface area contributed by atoms with E-state index in [0.29, 0.717) is 12.8 Å². The molecule has 1 aromatic carbocycles.